The number of esters is 1. The summed E-state index contributed by atoms with van der Waals surface area (Å²) in [5.41, 5.74) is 5.29. The second-order valence-electron chi connectivity index (χ2n) is 3.48. The Morgan fingerprint density at radius 1 is 1.39 bits per heavy atom. The predicted octanol–water partition coefficient (Wildman–Crippen LogP) is 0.301. The third kappa shape index (κ3) is 1.75. The molecule has 1 heterocycles. The van der Waals surface area contributed by atoms with Crippen LogP contribution in [-0.4, -0.2) is 30.2 Å². The van der Waals surface area contributed by atoms with Crippen LogP contribution in [0.1, 0.15) is 10.4 Å². The van der Waals surface area contributed by atoms with Crippen LogP contribution in [0, 0.1) is 0 Å². The van der Waals surface area contributed by atoms with Crippen molar-refractivity contribution in [3.8, 4) is 5.75 Å². The monoisotopic (exact) mass is 249 g/mol. The number of anilines is 1. The zero-order valence-corrected chi connectivity index (χ0v) is 9.81. The molecule has 7 nitrogen and oxygen atoms in total. The Balaban J connectivity index is 2.93. The highest BCUT2D eigenvalue weighted by molar-refractivity contribution is 6.04. The zero-order valence-electron chi connectivity index (χ0n) is 9.81. The Bertz CT molecular complexity index is 678. The van der Waals surface area contributed by atoms with Gasteiger partial charge in [-0.1, -0.05) is 0 Å². The van der Waals surface area contributed by atoms with E-state index in [1.54, 1.807) is 0 Å². The maximum absolute atomic E-state index is 11.9. The zero-order chi connectivity index (χ0) is 13.3. The van der Waals surface area contributed by atoms with Crippen molar-refractivity contribution in [2.75, 3.05) is 20.0 Å². The second kappa shape index (κ2) is 4.36. The molecule has 0 spiro atoms. The third-order valence-electron chi connectivity index (χ3n) is 2.47. The van der Waals surface area contributed by atoms with Crippen LogP contribution in [0.3, 0.4) is 0 Å². The van der Waals surface area contributed by atoms with Gasteiger partial charge in [-0.05, 0) is 12.1 Å². The number of methoxy groups -OCH3 is 2. The van der Waals surface area contributed by atoms with Gasteiger partial charge in [0.1, 0.15) is 11.3 Å². The van der Waals surface area contributed by atoms with Crippen LogP contribution >= 0.6 is 0 Å². The third-order valence-corrected chi connectivity index (χ3v) is 2.47. The first kappa shape index (κ1) is 11.9. The molecule has 3 N–H and O–H groups in total. The van der Waals surface area contributed by atoms with Crippen LogP contribution in [0.25, 0.3) is 10.9 Å². The molecule has 0 fully saturated rings. The lowest BCUT2D eigenvalue weighted by Gasteiger charge is -2.08. The van der Waals surface area contributed by atoms with E-state index in [2.05, 4.69) is 14.7 Å². The molecule has 2 aromatic rings. The molecule has 0 aliphatic carbocycles. The summed E-state index contributed by atoms with van der Waals surface area (Å²) in [5.74, 6) is -0.317. The first-order chi connectivity index (χ1) is 8.58. The fraction of sp³-hybridized carbons (Fsp3) is 0.182. The summed E-state index contributed by atoms with van der Waals surface area (Å²) in [6.45, 7) is 0. The van der Waals surface area contributed by atoms with E-state index in [1.165, 1.54) is 26.4 Å². The molecule has 18 heavy (non-hydrogen) atoms. The van der Waals surface area contributed by atoms with E-state index in [9.17, 15) is 9.59 Å². The molecule has 0 unspecified atom stereocenters. The first-order valence-electron chi connectivity index (χ1n) is 5.03. The highest BCUT2D eigenvalue weighted by atomic mass is 16.5. The van der Waals surface area contributed by atoms with Gasteiger partial charge >= 0.3 is 5.97 Å². The van der Waals surface area contributed by atoms with Gasteiger partial charge < -0.3 is 15.2 Å². The minimum Gasteiger partial charge on any atom is -0.494 e. The fourth-order valence-electron chi connectivity index (χ4n) is 1.68. The Morgan fingerprint density at radius 3 is 2.72 bits per heavy atom. The van der Waals surface area contributed by atoms with Gasteiger partial charge in [-0.2, -0.15) is 0 Å². The average Bonchev–Trinajstić information content (AvgIpc) is 2.36. The molecule has 1 aromatic heterocycles. The van der Waals surface area contributed by atoms with Crippen molar-refractivity contribution in [2.45, 2.75) is 0 Å². The Kier molecular flexibility index (Phi) is 2.88. The molecule has 0 radical (unpaired) electrons. The van der Waals surface area contributed by atoms with Crippen LogP contribution < -0.4 is 16.0 Å². The van der Waals surface area contributed by atoms with E-state index in [0.717, 1.165) is 0 Å². The first-order valence-corrected chi connectivity index (χ1v) is 5.03. The topological polar surface area (TPSA) is 107 Å². The van der Waals surface area contributed by atoms with E-state index in [-0.39, 0.29) is 22.4 Å². The van der Waals surface area contributed by atoms with Gasteiger partial charge in [0.15, 0.2) is 0 Å². The van der Waals surface area contributed by atoms with E-state index in [0.29, 0.717) is 5.75 Å². The second-order valence-corrected chi connectivity index (χ2v) is 3.48. The normalized spacial score (nSPS) is 10.3. The quantitative estimate of drug-likeness (QED) is 0.741. The largest absolute Gasteiger partial charge is 0.494 e. The number of carbonyl (C=O) groups is 1. The van der Waals surface area contributed by atoms with Crippen LogP contribution in [0.4, 0.5) is 5.95 Å². The number of hydrogen-bond acceptors (Lipinski definition) is 6. The molecular weight excluding hydrogens is 238 g/mol. The molecule has 0 saturated carbocycles. The summed E-state index contributed by atoms with van der Waals surface area (Å²) in [7, 11) is 2.67. The van der Waals surface area contributed by atoms with E-state index in [4.69, 9.17) is 10.5 Å². The summed E-state index contributed by atoms with van der Waals surface area (Å²) in [4.78, 5) is 29.8. The predicted molar refractivity (Wildman–Crippen MR) is 64.7 cm³/mol. The summed E-state index contributed by atoms with van der Waals surface area (Å²) in [6.07, 6.45) is 0. The standard InChI is InChI=1S/C11H11N3O4/c1-17-6-4-3-5(10(16)18-2)7-8(6)13-11(12)14-9(7)15/h3-4H,1-2H3,(H3,12,13,14,15). The molecule has 0 aliphatic heterocycles. The van der Waals surface area contributed by atoms with Gasteiger partial charge in [0.25, 0.3) is 5.56 Å². The SMILES string of the molecule is COC(=O)c1ccc(OC)c2nc(N)[nH]c(=O)c12. The van der Waals surface area contributed by atoms with Crippen LogP contribution in [0.15, 0.2) is 16.9 Å². The lowest BCUT2D eigenvalue weighted by atomic mass is 10.1. The van der Waals surface area contributed by atoms with Gasteiger partial charge in [-0.15, -0.1) is 0 Å². The number of H-pyrrole nitrogens is 1. The number of nitrogens with zero attached hydrogens (tertiary/aromatic N) is 1. The molecule has 2 rings (SSSR count). The lowest BCUT2D eigenvalue weighted by Crippen LogP contribution is -2.16. The summed E-state index contributed by atoms with van der Waals surface area (Å²) in [5, 5.41) is 0.0930. The van der Waals surface area contributed by atoms with Gasteiger partial charge in [0.2, 0.25) is 5.95 Å². The van der Waals surface area contributed by atoms with E-state index in [1.807, 2.05) is 0 Å². The Hall–Kier alpha value is -2.57. The van der Waals surface area contributed by atoms with E-state index < -0.39 is 11.5 Å². The van der Waals surface area contributed by atoms with Gasteiger partial charge in [-0.3, -0.25) is 9.78 Å². The molecule has 0 amide bonds. The van der Waals surface area contributed by atoms with Crippen molar-refractivity contribution in [1.29, 1.82) is 0 Å². The van der Waals surface area contributed by atoms with Gasteiger partial charge in [0, 0.05) is 0 Å². The number of carbonyl (C=O) groups excluding carboxylic acids is 1. The maximum atomic E-state index is 11.9. The minimum absolute atomic E-state index is 0.0483. The number of nitrogens with two attached hydrogens (primary N) is 1. The molecule has 0 bridgehead atoms. The number of fused-ring (bicyclic) bond motifs is 1. The Labute approximate surface area is 102 Å². The number of hydrogen-bond donors (Lipinski definition) is 2. The highest BCUT2D eigenvalue weighted by Gasteiger charge is 2.17. The number of nitrogen functional groups attached to an aromatic ring is 1. The molecular formula is C11H11N3O4. The minimum atomic E-state index is -0.625. The van der Waals surface area contributed by atoms with Crippen molar-refractivity contribution in [1.82, 2.24) is 9.97 Å². The van der Waals surface area contributed by atoms with Crippen molar-refractivity contribution in [3.05, 3.63) is 28.0 Å². The molecule has 0 saturated heterocycles. The average molecular weight is 249 g/mol. The van der Waals surface area contributed by atoms with Gasteiger partial charge in [-0.25, -0.2) is 9.78 Å². The molecule has 1 aromatic carbocycles. The molecule has 7 heteroatoms. The number of aromatic amines is 1. The number of aromatic nitrogens is 2. The summed E-state index contributed by atoms with van der Waals surface area (Å²) >= 11 is 0. The fourth-order valence-corrected chi connectivity index (χ4v) is 1.68. The summed E-state index contributed by atoms with van der Waals surface area (Å²) < 4.78 is 9.69. The number of benzene rings is 1. The number of rotatable bonds is 2. The van der Waals surface area contributed by atoms with Crippen molar-refractivity contribution < 1.29 is 14.3 Å². The molecule has 0 aliphatic rings. The van der Waals surface area contributed by atoms with E-state index >= 15 is 0 Å². The number of nitrogens with one attached hydrogen (secondary N) is 1. The van der Waals surface area contributed by atoms with Crippen LogP contribution in [0.2, 0.25) is 0 Å². The maximum Gasteiger partial charge on any atom is 0.338 e. The van der Waals surface area contributed by atoms with Crippen molar-refractivity contribution >= 4 is 22.8 Å². The van der Waals surface area contributed by atoms with Crippen LogP contribution in [0.5, 0.6) is 5.75 Å². The van der Waals surface area contributed by atoms with Crippen molar-refractivity contribution in [2.24, 2.45) is 0 Å². The van der Waals surface area contributed by atoms with Gasteiger partial charge in [0.05, 0.1) is 25.2 Å². The Morgan fingerprint density at radius 2 is 2.11 bits per heavy atom. The molecule has 0 atom stereocenters. The highest BCUT2D eigenvalue weighted by Crippen LogP contribution is 2.25. The summed E-state index contributed by atoms with van der Waals surface area (Å²) in [6, 6.07) is 2.97. The van der Waals surface area contributed by atoms with Crippen molar-refractivity contribution in [3.63, 3.8) is 0 Å². The molecule has 94 valence electrons. The number of ether oxygens (including phenoxy) is 2. The smallest absolute Gasteiger partial charge is 0.338 e. The van der Waals surface area contributed by atoms with Crippen LogP contribution in [-0.2, 0) is 4.74 Å². The lowest BCUT2D eigenvalue weighted by molar-refractivity contribution is 0.0603.